The minimum Gasteiger partial charge on any atom is -0.504 e. The van der Waals surface area contributed by atoms with Crippen LogP contribution in [0.3, 0.4) is 0 Å². The first kappa shape index (κ1) is 15.9. The van der Waals surface area contributed by atoms with Crippen molar-refractivity contribution in [2.24, 2.45) is 16.7 Å². The van der Waals surface area contributed by atoms with Gasteiger partial charge < -0.3 is 25.2 Å². The van der Waals surface area contributed by atoms with E-state index in [0.717, 1.165) is 25.0 Å². The summed E-state index contributed by atoms with van der Waals surface area (Å²) in [5.74, 6) is -4.10. The average molecular weight is 322 g/mol. The number of fused-ring (bicyclic) bond motifs is 2. The van der Waals surface area contributed by atoms with Crippen LogP contribution < -0.4 is 0 Å². The number of esters is 1. The van der Waals surface area contributed by atoms with Crippen molar-refractivity contribution in [3.63, 3.8) is 0 Å². The highest BCUT2D eigenvalue weighted by Gasteiger charge is 2.70. The molecule has 2 aliphatic rings. The summed E-state index contributed by atoms with van der Waals surface area (Å²) in [6.45, 7) is 6.09. The zero-order valence-electron chi connectivity index (χ0n) is 13.5. The molecule has 0 saturated heterocycles. The third-order valence-corrected chi connectivity index (χ3v) is 6.39. The minimum absolute atomic E-state index is 0.129. The molecule has 126 valence electrons. The van der Waals surface area contributed by atoms with Gasteiger partial charge in [-0.25, -0.2) is 4.79 Å². The van der Waals surface area contributed by atoms with Gasteiger partial charge >= 0.3 is 5.97 Å². The highest BCUT2D eigenvalue weighted by Crippen LogP contribution is 2.69. The van der Waals surface area contributed by atoms with Crippen LogP contribution in [0.1, 0.15) is 50.4 Å². The number of hydrogen-bond donors (Lipinski definition) is 4. The Balaban J connectivity index is 1.90. The molecule has 2 fully saturated rings. The molecule has 0 radical (unpaired) electrons. The molecular weight excluding hydrogens is 300 g/mol. The molecule has 0 spiro atoms. The molecule has 6 nitrogen and oxygen atoms in total. The number of carbonyl (C=O) groups excluding carboxylic acids is 1. The first-order valence-electron chi connectivity index (χ1n) is 7.72. The van der Waals surface area contributed by atoms with Crippen LogP contribution in [0.15, 0.2) is 12.1 Å². The summed E-state index contributed by atoms with van der Waals surface area (Å²) in [5, 5.41) is 39.4. The predicted octanol–water partition coefficient (Wildman–Crippen LogP) is 2.50. The number of carbonyl (C=O) groups is 1. The van der Waals surface area contributed by atoms with Crippen LogP contribution in [-0.2, 0) is 4.74 Å². The lowest BCUT2D eigenvalue weighted by Gasteiger charge is -2.43. The van der Waals surface area contributed by atoms with E-state index in [2.05, 4.69) is 13.8 Å². The predicted molar refractivity (Wildman–Crippen MR) is 81.0 cm³/mol. The Morgan fingerprint density at radius 2 is 1.74 bits per heavy atom. The number of ether oxygens (including phenoxy) is 1. The SMILES string of the molecule is CC1(C)C2CCC1(C)C(O)(OC(=O)c1cc(O)c(O)c(O)c1)C2. The van der Waals surface area contributed by atoms with Gasteiger partial charge in [0.1, 0.15) is 0 Å². The maximum Gasteiger partial charge on any atom is 0.340 e. The number of aromatic hydroxyl groups is 3. The summed E-state index contributed by atoms with van der Waals surface area (Å²) < 4.78 is 5.42. The van der Waals surface area contributed by atoms with Gasteiger partial charge in [0, 0.05) is 11.8 Å². The fraction of sp³-hybridized carbons (Fsp3) is 0.588. The maximum absolute atomic E-state index is 12.4. The molecule has 4 N–H and O–H groups in total. The van der Waals surface area contributed by atoms with Crippen molar-refractivity contribution in [1.82, 2.24) is 0 Å². The molecule has 3 atom stereocenters. The average Bonchev–Trinajstić information content (AvgIpc) is 2.75. The van der Waals surface area contributed by atoms with Gasteiger partial charge in [0.15, 0.2) is 17.2 Å². The summed E-state index contributed by atoms with van der Waals surface area (Å²) in [4.78, 5) is 12.4. The van der Waals surface area contributed by atoms with Crippen LogP contribution in [0.25, 0.3) is 0 Å². The van der Waals surface area contributed by atoms with Crippen molar-refractivity contribution in [3.05, 3.63) is 17.7 Å². The molecule has 0 aromatic heterocycles. The van der Waals surface area contributed by atoms with E-state index in [1.807, 2.05) is 6.92 Å². The van der Waals surface area contributed by atoms with Gasteiger partial charge in [-0.05, 0) is 36.3 Å². The van der Waals surface area contributed by atoms with E-state index in [4.69, 9.17) is 4.74 Å². The first-order chi connectivity index (χ1) is 10.5. The highest BCUT2D eigenvalue weighted by molar-refractivity contribution is 5.91. The van der Waals surface area contributed by atoms with Crippen molar-refractivity contribution in [2.75, 3.05) is 0 Å². The third kappa shape index (κ3) is 1.94. The fourth-order valence-corrected chi connectivity index (χ4v) is 4.30. The van der Waals surface area contributed by atoms with Gasteiger partial charge in [-0.1, -0.05) is 20.8 Å². The number of aliphatic hydroxyl groups is 1. The molecule has 1 aromatic rings. The molecule has 0 amide bonds. The summed E-state index contributed by atoms with van der Waals surface area (Å²) in [7, 11) is 0. The number of hydrogen-bond acceptors (Lipinski definition) is 6. The Bertz CT molecular complexity index is 659. The Labute approximate surface area is 134 Å². The lowest BCUT2D eigenvalue weighted by molar-refractivity contribution is -0.240. The van der Waals surface area contributed by atoms with E-state index in [1.54, 1.807) is 0 Å². The quantitative estimate of drug-likeness (QED) is 0.378. The van der Waals surface area contributed by atoms with Gasteiger partial charge in [0.2, 0.25) is 5.79 Å². The topological polar surface area (TPSA) is 107 Å². The summed E-state index contributed by atoms with van der Waals surface area (Å²) >= 11 is 0. The van der Waals surface area contributed by atoms with Gasteiger partial charge in [-0.2, -0.15) is 0 Å². The van der Waals surface area contributed by atoms with Gasteiger partial charge in [0.05, 0.1) is 5.56 Å². The molecule has 0 heterocycles. The minimum atomic E-state index is -1.58. The number of phenols is 3. The van der Waals surface area contributed by atoms with E-state index in [1.165, 1.54) is 0 Å². The van der Waals surface area contributed by atoms with Crippen molar-refractivity contribution in [1.29, 1.82) is 0 Å². The zero-order chi connectivity index (χ0) is 17.2. The van der Waals surface area contributed by atoms with Crippen LogP contribution in [0.2, 0.25) is 0 Å². The van der Waals surface area contributed by atoms with E-state index >= 15 is 0 Å². The Morgan fingerprint density at radius 3 is 2.17 bits per heavy atom. The summed E-state index contributed by atoms with van der Waals surface area (Å²) in [6, 6.07) is 2.00. The highest BCUT2D eigenvalue weighted by atomic mass is 16.7. The number of phenolic OH excluding ortho intramolecular Hbond substituents is 3. The standard InChI is InChI=1S/C17H22O6/c1-15(2)10-4-5-16(15,3)17(22,8-10)23-14(21)9-6-11(18)13(20)12(19)7-9/h6-7,10,18-20,22H,4-5,8H2,1-3H3. The van der Waals surface area contributed by atoms with Gasteiger partial charge in [0.25, 0.3) is 0 Å². The largest absolute Gasteiger partial charge is 0.504 e. The van der Waals surface area contributed by atoms with Crippen LogP contribution in [0, 0.1) is 16.7 Å². The fourth-order valence-electron chi connectivity index (χ4n) is 4.30. The first-order valence-corrected chi connectivity index (χ1v) is 7.72. The molecule has 2 aliphatic carbocycles. The number of rotatable bonds is 2. The van der Waals surface area contributed by atoms with Crippen molar-refractivity contribution >= 4 is 5.97 Å². The molecule has 0 aliphatic heterocycles. The van der Waals surface area contributed by atoms with Gasteiger partial charge in [-0.3, -0.25) is 0 Å². The second-order valence-electron chi connectivity index (χ2n) is 7.53. The van der Waals surface area contributed by atoms with Gasteiger partial charge in [-0.15, -0.1) is 0 Å². The lowest BCUT2D eigenvalue weighted by atomic mass is 9.68. The van der Waals surface area contributed by atoms with Crippen molar-refractivity contribution < 1.29 is 30.0 Å². The van der Waals surface area contributed by atoms with E-state index in [-0.39, 0.29) is 16.9 Å². The third-order valence-electron chi connectivity index (χ3n) is 6.39. The van der Waals surface area contributed by atoms with Crippen molar-refractivity contribution in [3.8, 4) is 17.2 Å². The molecule has 3 unspecified atom stereocenters. The maximum atomic E-state index is 12.4. The van der Waals surface area contributed by atoms with Crippen LogP contribution >= 0.6 is 0 Å². The summed E-state index contributed by atoms with van der Waals surface area (Å²) in [5.41, 5.74) is -0.835. The Hall–Kier alpha value is -1.95. The van der Waals surface area contributed by atoms with Crippen LogP contribution in [-0.4, -0.2) is 32.2 Å². The van der Waals surface area contributed by atoms with Crippen molar-refractivity contribution in [2.45, 2.75) is 45.8 Å². The second kappa shape index (κ2) is 4.54. The zero-order valence-corrected chi connectivity index (χ0v) is 13.5. The van der Waals surface area contributed by atoms with Crippen LogP contribution in [0.5, 0.6) is 17.2 Å². The van der Waals surface area contributed by atoms with E-state index in [9.17, 15) is 25.2 Å². The number of benzene rings is 1. The molecule has 23 heavy (non-hydrogen) atoms. The molecule has 2 bridgehead atoms. The summed E-state index contributed by atoms with van der Waals surface area (Å²) in [6.07, 6.45) is 2.13. The Morgan fingerprint density at radius 1 is 1.17 bits per heavy atom. The molecular formula is C17H22O6. The molecule has 1 aromatic carbocycles. The molecule has 6 heteroatoms. The van der Waals surface area contributed by atoms with E-state index < -0.39 is 34.4 Å². The normalized spacial score (nSPS) is 34.5. The van der Waals surface area contributed by atoms with E-state index in [0.29, 0.717) is 6.42 Å². The molecule has 2 saturated carbocycles. The van der Waals surface area contributed by atoms with Crippen LogP contribution in [0.4, 0.5) is 0 Å². The Kier molecular flexibility index (Phi) is 3.14. The smallest absolute Gasteiger partial charge is 0.340 e. The molecule has 3 rings (SSSR count). The second-order valence-corrected chi connectivity index (χ2v) is 7.53. The lowest BCUT2D eigenvalue weighted by Crippen LogP contribution is -2.50. The monoisotopic (exact) mass is 322 g/mol.